The van der Waals surface area contributed by atoms with Crippen LogP contribution in [0.5, 0.6) is 0 Å². The van der Waals surface area contributed by atoms with Gasteiger partial charge in [-0.05, 0) is 18.3 Å². The number of rotatable bonds is 7. The third-order valence-electron chi connectivity index (χ3n) is 2.82. The van der Waals surface area contributed by atoms with Crippen LogP contribution in [-0.2, 0) is 19.1 Å². The average molecular weight is 286 g/mol. The number of ether oxygens (including phenoxy) is 1. The molecule has 0 aliphatic rings. The number of nitrogens with one attached hydrogen (secondary N) is 2. The summed E-state index contributed by atoms with van der Waals surface area (Å²) in [6, 6.07) is -1.35. The second-order valence-electron chi connectivity index (χ2n) is 5.64. The summed E-state index contributed by atoms with van der Waals surface area (Å²) in [5.74, 6) is -0.963. The number of carbonyl (C=O) groups is 3. The first-order valence-electron chi connectivity index (χ1n) is 6.84. The smallest absolute Gasteiger partial charge is 0.328 e. The molecule has 6 nitrogen and oxygen atoms in total. The molecule has 20 heavy (non-hydrogen) atoms. The van der Waals surface area contributed by atoms with E-state index in [-0.39, 0.29) is 23.7 Å². The van der Waals surface area contributed by atoms with Gasteiger partial charge < -0.3 is 15.4 Å². The van der Waals surface area contributed by atoms with Crippen molar-refractivity contribution in [3.63, 3.8) is 0 Å². The lowest BCUT2D eigenvalue weighted by molar-refractivity contribution is -0.146. The number of methoxy groups -OCH3 is 1. The van der Waals surface area contributed by atoms with E-state index in [9.17, 15) is 14.4 Å². The third-order valence-corrected chi connectivity index (χ3v) is 2.82. The fraction of sp³-hybridized carbons (Fsp3) is 0.786. The highest BCUT2D eigenvalue weighted by Gasteiger charge is 2.28. The largest absolute Gasteiger partial charge is 0.467 e. The van der Waals surface area contributed by atoms with Crippen LogP contribution >= 0.6 is 0 Å². The van der Waals surface area contributed by atoms with Gasteiger partial charge in [-0.15, -0.1) is 0 Å². The lowest BCUT2D eigenvalue weighted by Gasteiger charge is -2.24. The molecule has 0 radical (unpaired) electrons. The first kappa shape index (κ1) is 18.4. The van der Waals surface area contributed by atoms with E-state index >= 15 is 0 Å². The molecule has 0 aliphatic carbocycles. The predicted molar refractivity (Wildman–Crippen MR) is 75.8 cm³/mol. The monoisotopic (exact) mass is 286 g/mol. The summed E-state index contributed by atoms with van der Waals surface area (Å²) in [7, 11) is 1.29. The molecule has 6 heteroatoms. The first-order chi connectivity index (χ1) is 9.18. The Hall–Kier alpha value is -1.59. The Bertz CT molecular complexity index is 353. The minimum Gasteiger partial charge on any atom is -0.467 e. The number of hydrogen-bond donors (Lipinski definition) is 2. The molecule has 0 saturated heterocycles. The maximum absolute atomic E-state index is 12.2. The standard InChI is InChI=1S/C14H26N2O4/c1-8(2)7-11(14(19)20-6)16-13(18)12(9(3)4)15-10(5)17/h8-9,11-12H,7H2,1-6H3,(H,15,17)(H,16,18)/t11-,12-/m1/s1. The molecule has 0 bridgehead atoms. The van der Waals surface area contributed by atoms with Crippen molar-refractivity contribution in [2.75, 3.05) is 7.11 Å². The molecule has 0 aromatic heterocycles. The van der Waals surface area contributed by atoms with E-state index in [2.05, 4.69) is 10.6 Å². The van der Waals surface area contributed by atoms with E-state index in [1.54, 1.807) is 0 Å². The minimum atomic E-state index is -0.692. The number of carbonyl (C=O) groups excluding carboxylic acids is 3. The van der Waals surface area contributed by atoms with E-state index in [0.29, 0.717) is 6.42 Å². The summed E-state index contributed by atoms with van der Waals surface area (Å²) >= 11 is 0. The molecule has 2 amide bonds. The van der Waals surface area contributed by atoms with Gasteiger partial charge in [-0.3, -0.25) is 9.59 Å². The second-order valence-corrected chi connectivity index (χ2v) is 5.64. The second kappa shape index (κ2) is 8.55. The molecule has 0 rings (SSSR count). The zero-order valence-corrected chi connectivity index (χ0v) is 13.1. The molecule has 0 aromatic carbocycles. The molecule has 0 unspecified atom stereocenters. The molecule has 0 aliphatic heterocycles. The summed E-state index contributed by atoms with van der Waals surface area (Å²) in [6.45, 7) is 8.92. The van der Waals surface area contributed by atoms with Gasteiger partial charge in [0, 0.05) is 6.92 Å². The maximum Gasteiger partial charge on any atom is 0.328 e. The SMILES string of the molecule is COC(=O)[C@@H](CC(C)C)NC(=O)[C@H](NC(C)=O)C(C)C. The van der Waals surface area contributed by atoms with Crippen LogP contribution in [-0.4, -0.2) is 37.0 Å². The lowest BCUT2D eigenvalue weighted by Crippen LogP contribution is -2.53. The lowest BCUT2D eigenvalue weighted by atomic mass is 10.0. The van der Waals surface area contributed by atoms with Crippen LogP contribution in [0.15, 0.2) is 0 Å². The summed E-state index contributed by atoms with van der Waals surface area (Å²) in [4.78, 5) is 35.0. The van der Waals surface area contributed by atoms with E-state index < -0.39 is 18.1 Å². The van der Waals surface area contributed by atoms with Crippen molar-refractivity contribution in [3.8, 4) is 0 Å². The van der Waals surface area contributed by atoms with Crippen molar-refractivity contribution < 1.29 is 19.1 Å². The molecule has 2 atom stereocenters. The van der Waals surface area contributed by atoms with Crippen molar-refractivity contribution in [2.24, 2.45) is 11.8 Å². The molecule has 0 saturated carbocycles. The van der Waals surface area contributed by atoms with Gasteiger partial charge in [-0.1, -0.05) is 27.7 Å². The van der Waals surface area contributed by atoms with Crippen molar-refractivity contribution in [1.29, 1.82) is 0 Å². The third kappa shape index (κ3) is 6.54. The minimum absolute atomic E-state index is 0.0729. The Morgan fingerprint density at radius 3 is 1.95 bits per heavy atom. The normalized spacial score (nSPS) is 13.8. The van der Waals surface area contributed by atoms with Crippen molar-refractivity contribution in [1.82, 2.24) is 10.6 Å². The Labute approximate surface area is 120 Å². The van der Waals surface area contributed by atoms with Gasteiger partial charge in [0.05, 0.1) is 7.11 Å². The van der Waals surface area contributed by atoms with Gasteiger partial charge in [0.25, 0.3) is 0 Å². The van der Waals surface area contributed by atoms with Gasteiger partial charge in [0.15, 0.2) is 0 Å². The van der Waals surface area contributed by atoms with Crippen LogP contribution < -0.4 is 10.6 Å². The van der Waals surface area contributed by atoms with Crippen LogP contribution in [0.1, 0.15) is 41.0 Å². The highest BCUT2D eigenvalue weighted by Crippen LogP contribution is 2.08. The van der Waals surface area contributed by atoms with E-state index in [1.165, 1.54) is 14.0 Å². The van der Waals surface area contributed by atoms with Crippen LogP contribution in [0.3, 0.4) is 0 Å². The summed E-state index contributed by atoms with van der Waals surface area (Å²) < 4.78 is 4.69. The maximum atomic E-state index is 12.2. The molecule has 2 N–H and O–H groups in total. The molecule has 0 spiro atoms. The number of esters is 1. The van der Waals surface area contributed by atoms with Crippen molar-refractivity contribution in [3.05, 3.63) is 0 Å². The Balaban J connectivity index is 4.86. The van der Waals surface area contributed by atoms with Crippen LogP contribution in [0.2, 0.25) is 0 Å². The molecule has 116 valence electrons. The summed E-state index contributed by atoms with van der Waals surface area (Å²) in [5, 5.41) is 5.25. The van der Waals surface area contributed by atoms with Crippen LogP contribution in [0.25, 0.3) is 0 Å². The predicted octanol–water partition coefficient (Wildman–Crippen LogP) is 0.851. The van der Waals surface area contributed by atoms with Crippen molar-refractivity contribution in [2.45, 2.75) is 53.1 Å². The molecule has 0 aromatic rings. The quantitative estimate of drug-likeness (QED) is 0.680. The Kier molecular flexibility index (Phi) is 7.87. The van der Waals surface area contributed by atoms with E-state index in [4.69, 9.17) is 4.74 Å². The molecule has 0 fully saturated rings. The topological polar surface area (TPSA) is 84.5 Å². The Morgan fingerprint density at radius 1 is 1.05 bits per heavy atom. The summed E-state index contributed by atoms with van der Waals surface area (Å²) in [5.41, 5.74) is 0. The first-order valence-corrected chi connectivity index (χ1v) is 6.84. The van der Waals surface area contributed by atoms with Gasteiger partial charge in [-0.2, -0.15) is 0 Å². The van der Waals surface area contributed by atoms with Crippen molar-refractivity contribution >= 4 is 17.8 Å². The van der Waals surface area contributed by atoms with Crippen LogP contribution in [0.4, 0.5) is 0 Å². The zero-order chi connectivity index (χ0) is 15.9. The molecular formula is C14H26N2O4. The van der Waals surface area contributed by atoms with Gasteiger partial charge in [-0.25, -0.2) is 4.79 Å². The van der Waals surface area contributed by atoms with E-state index in [0.717, 1.165) is 0 Å². The molecular weight excluding hydrogens is 260 g/mol. The van der Waals surface area contributed by atoms with Gasteiger partial charge in [0.1, 0.15) is 12.1 Å². The van der Waals surface area contributed by atoms with E-state index in [1.807, 2.05) is 27.7 Å². The average Bonchev–Trinajstić information content (AvgIpc) is 2.32. The van der Waals surface area contributed by atoms with Gasteiger partial charge in [0.2, 0.25) is 11.8 Å². The highest BCUT2D eigenvalue weighted by molar-refractivity contribution is 5.90. The van der Waals surface area contributed by atoms with Gasteiger partial charge >= 0.3 is 5.97 Å². The fourth-order valence-electron chi connectivity index (χ4n) is 1.84. The Morgan fingerprint density at radius 2 is 1.60 bits per heavy atom. The fourth-order valence-corrected chi connectivity index (χ4v) is 1.84. The summed E-state index contributed by atoms with van der Waals surface area (Å²) in [6.07, 6.45) is 0.489. The zero-order valence-electron chi connectivity index (χ0n) is 13.1. The number of amides is 2. The number of hydrogen-bond acceptors (Lipinski definition) is 4. The molecule has 0 heterocycles. The van der Waals surface area contributed by atoms with Crippen LogP contribution in [0, 0.1) is 11.8 Å². The highest BCUT2D eigenvalue weighted by atomic mass is 16.5.